The zero-order valence-electron chi connectivity index (χ0n) is 23.2. The van der Waals surface area contributed by atoms with E-state index in [1.807, 2.05) is 43.6 Å². The Balaban J connectivity index is 1.33. The number of carbonyl (C=O) groups excluding carboxylic acids is 1. The number of nitrogens with zero attached hydrogens (tertiary/aromatic N) is 5. The van der Waals surface area contributed by atoms with Crippen molar-refractivity contribution in [3.05, 3.63) is 88.3 Å². The number of amides is 1. The van der Waals surface area contributed by atoms with E-state index in [0.717, 1.165) is 50.1 Å². The Hall–Kier alpha value is -3.83. The van der Waals surface area contributed by atoms with Crippen molar-refractivity contribution in [2.45, 2.75) is 65.6 Å². The number of halogens is 1. The molecule has 3 aromatic rings. The molecule has 1 saturated heterocycles. The first-order valence-corrected chi connectivity index (χ1v) is 13.6. The lowest BCUT2D eigenvalue weighted by molar-refractivity contribution is 0.0943. The van der Waals surface area contributed by atoms with E-state index >= 15 is 0 Å². The summed E-state index contributed by atoms with van der Waals surface area (Å²) in [5.41, 5.74) is 5.62. The second kappa shape index (κ2) is 12.8. The van der Waals surface area contributed by atoms with Crippen molar-refractivity contribution in [1.82, 2.24) is 20.2 Å². The largest absolute Gasteiger partial charge is 0.364 e. The molecule has 1 fully saturated rings. The first-order valence-electron chi connectivity index (χ1n) is 13.6. The molecule has 0 saturated carbocycles. The number of aromatic nitrogens is 2. The number of rotatable bonds is 9. The van der Waals surface area contributed by atoms with Crippen LogP contribution < -0.4 is 10.2 Å². The molecule has 204 valence electrons. The Kier molecular flexibility index (Phi) is 9.26. The van der Waals surface area contributed by atoms with Crippen molar-refractivity contribution in [2.75, 3.05) is 24.5 Å². The molecule has 0 unspecified atom stereocenters. The molecule has 0 bridgehead atoms. The normalized spacial score (nSPS) is 15.0. The van der Waals surface area contributed by atoms with Crippen LogP contribution in [0.1, 0.15) is 64.6 Å². The van der Waals surface area contributed by atoms with Crippen molar-refractivity contribution >= 4 is 11.6 Å². The number of piperidine rings is 1. The molecule has 0 aliphatic carbocycles. The van der Waals surface area contributed by atoms with Crippen molar-refractivity contribution < 1.29 is 9.18 Å². The highest BCUT2D eigenvalue weighted by Gasteiger charge is 2.28. The molecular weight excluding hydrogens is 491 g/mol. The molecule has 39 heavy (non-hydrogen) atoms. The highest BCUT2D eigenvalue weighted by atomic mass is 19.1. The molecular formula is C31H37FN6O. The Morgan fingerprint density at radius 2 is 1.90 bits per heavy atom. The average Bonchev–Trinajstić information content (AvgIpc) is 2.93. The second-order valence-electron chi connectivity index (χ2n) is 10.5. The predicted octanol–water partition coefficient (Wildman–Crippen LogP) is 5.09. The van der Waals surface area contributed by atoms with Gasteiger partial charge in [-0.25, -0.2) is 9.37 Å². The number of aryl methyl sites for hydroxylation is 3. The van der Waals surface area contributed by atoms with Crippen molar-refractivity contribution in [1.29, 1.82) is 5.26 Å². The van der Waals surface area contributed by atoms with Gasteiger partial charge in [0.05, 0.1) is 11.3 Å². The summed E-state index contributed by atoms with van der Waals surface area (Å²) in [6.45, 7) is 11.1. The van der Waals surface area contributed by atoms with E-state index in [4.69, 9.17) is 5.26 Å². The summed E-state index contributed by atoms with van der Waals surface area (Å²) >= 11 is 0. The molecule has 1 atom stereocenters. The number of hydrogen-bond donors (Lipinski definition) is 1. The van der Waals surface area contributed by atoms with E-state index in [0.29, 0.717) is 35.6 Å². The lowest BCUT2D eigenvalue weighted by atomic mass is 9.99. The summed E-state index contributed by atoms with van der Waals surface area (Å²) in [6, 6.07) is 13.2. The third kappa shape index (κ3) is 6.98. The molecule has 1 N–H and O–H groups in total. The van der Waals surface area contributed by atoms with Gasteiger partial charge in [0.25, 0.3) is 5.91 Å². The number of nitriles is 1. The highest BCUT2D eigenvalue weighted by molar-refractivity contribution is 5.96. The van der Waals surface area contributed by atoms with Crippen LogP contribution in [0.15, 0.2) is 48.8 Å². The summed E-state index contributed by atoms with van der Waals surface area (Å²) < 4.78 is 13.7. The van der Waals surface area contributed by atoms with E-state index < -0.39 is 0 Å². The zero-order valence-corrected chi connectivity index (χ0v) is 23.2. The molecule has 1 aromatic carbocycles. The second-order valence-corrected chi connectivity index (χ2v) is 10.5. The van der Waals surface area contributed by atoms with E-state index in [9.17, 15) is 9.18 Å². The van der Waals surface area contributed by atoms with E-state index in [1.165, 1.54) is 23.3 Å². The molecule has 1 amide bonds. The Labute approximate surface area is 230 Å². The minimum absolute atomic E-state index is 0.145. The van der Waals surface area contributed by atoms with Crippen LogP contribution in [0.25, 0.3) is 0 Å². The number of carbonyl (C=O) groups is 1. The fourth-order valence-corrected chi connectivity index (χ4v) is 5.45. The molecule has 8 heteroatoms. The Morgan fingerprint density at radius 1 is 1.18 bits per heavy atom. The Bertz CT molecular complexity index is 1300. The molecule has 7 nitrogen and oxygen atoms in total. The maximum atomic E-state index is 13.7. The summed E-state index contributed by atoms with van der Waals surface area (Å²) in [5, 5.41) is 12.1. The van der Waals surface area contributed by atoms with Gasteiger partial charge in [0, 0.05) is 56.3 Å². The summed E-state index contributed by atoms with van der Waals surface area (Å²) in [6.07, 6.45) is 6.58. The minimum Gasteiger partial charge on any atom is -0.364 e. The predicted molar refractivity (Wildman–Crippen MR) is 151 cm³/mol. The van der Waals surface area contributed by atoms with Crippen LogP contribution in [-0.2, 0) is 6.54 Å². The third-order valence-electron chi connectivity index (χ3n) is 7.80. The molecule has 3 heterocycles. The van der Waals surface area contributed by atoms with Gasteiger partial charge in [-0.05, 0) is 100 Å². The first kappa shape index (κ1) is 28.2. The van der Waals surface area contributed by atoms with Crippen molar-refractivity contribution in [2.24, 2.45) is 0 Å². The van der Waals surface area contributed by atoms with Gasteiger partial charge >= 0.3 is 0 Å². The minimum atomic E-state index is -0.229. The number of nitrogens with one attached hydrogen (secondary N) is 1. The van der Waals surface area contributed by atoms with Crippen LogP contribution in [0.5, 0.6) is 0 Å². The monoisotopic (exact) mass is 528 g/mol. The number of likely N-dealkylation sites (tertiary alicyclic amines) is 1. The van der Waals surface area contributed by atoms with E-state index in [1.54, 1.807) is 13.0 Å². The van der Waals surface area contributed by atoms with Gasteiger partial charge in [-0.15, -0.1) is 0 Å². The third-order valence-corrected chi connectivity index (χ3v) is 7.80. The van der Waals surface area contributed by atoms with Gasteiger partial charge in [0.15, 0.2) is 0 Å². The van der Waals surface area contributed by atoms with Crippen LogP contribution in [0.2, 0.25) is 0 Å². The summed E-state index contributed by atoms with van der Waals surface area (Å²) in [5.74, 6) is -0.374. The van der Waals surface area contributed by atoms with E-state index in [2.05, 4.69) is 38.9 Å². The average molecular weight is 529 g/mol. The van der Waals surface area contributed by atoms with Crippen molar-refractivity contribution in [3.8, 4) is 6.07 Å². The topological polar surface area (TPSA) is 85.2 Å². The highest BCUT2D eigenvalue weighted by Crippen LogP contribution is 2.28. The van der Waals surface area contributed by atoms with Crippen LogP contribution in [-0.4, -0.2) is 52.5 Å². The fourth-order valence-electron chi connectivity index (χ4n) is 5.45. The number of hydrogen-bond acceptors (Lipinski definition) is 6. The van der Waals surface area contributed by atoms with Gasteiger partial charge in [0.1, 0.15) is 17.6 Å². The van der Waals surface area contributed by atoms with Gasteiger partial charge in [-0.3, -0.25) is 9.78 Å². The van der Waals surface area contributed by atoms with Gasteiger partial charge < -0.3 is 15.1 Å². The molecule has 1 aliphatic rings. The zero-order chi connectivity index (χ0) is 27.9. The maximum absolute atomic E-state index is 13.7. The molecule has 1 aliphatic heterocycles. The van der Waals surface area contributed by atoms with Gasteiger partial charge in [0.2, 0.25) is 0 Å². The van der Waals surface area contributed by atoms with Crippen LogP contribution in [0.4, 0.5) is 10.1 Å². The maximum Gasteiger partial charge on any atom is 0.253 e. The lowest BCUT2D eigenvalue weighted by Crippen LogP contribution is -2.48. The fraction of sp³-hybridized carbons (Fsp3) is 0.419. The SMILES string of the molecule is Cc1ccncc1CN(c1ccc(F)cc1)C1CCN([C@H](C)CCNC(=O)c2c(C)cc(C#N)nc2C)CC1. The molecule has 0 spiro atoms. The summed E-state index contributed by atoms with van der Waals surface area (Å²) in [4.78, 5) is 26.2. The van der Waals surface area contributed by atoms with Gasteiger partial charge in [-0.2, -0.15) is 5.26 Å². The summed E-state index contributed by atoms with van der Waals surface area (Å²) in [7, 11) is 0. The number of anilines is 1. The Morgan fingerprint density at radius 3 is 2.54 bits per heavy atom. The van der Waals surface area contributed by atoms with Crippen LogP contribution >= 0.6 is 0 Å². The van der Waals surface area contributed by atoms with Gasteiger partial charge in [-0.1, -0.05) is 0 Å². The number of pyridine rings is 2. The molecule has 0 radical (unpaired) electrons. The smallest absolute Gasteiger partial charge is 0.253 e. The lowest BCUT2D eigenvalue weighted by Gasteiger charge is -2.42. The molecule has 2 aromatic heterocycles. The standard InChI is InChI=1S/C31H37FN6O/c1-21-9-13-34-19-25(21)20-38(28-7-5-26(32)6-8-28)29-11-15-37(16-12-29)23(3)10-14-35-31(39)30-22(2)17-27(18-33)36-24(30)4/h5-9,13,17,19,23,29H,10-12,14-16,20H2,1-4H3,(H,35,39)/t23-/m1/s1. The van der Waals surface area contributed by atoms with E-state index in [-0.39, 0.29) is 11.7 Å². The first-order chi connectivity index (χ1) is 18.8. The number of benzene rings is 1. The van der Waals surface area contributed by atoms with Crippen molar-refractivity contribution in [3.63, 3.8) is 0 Å². The molecule has 4 rings (SSSR count). The quantitative estimate of drug-likeness (QED) is 0.416. The van der Waals surface area contributed by atoms with Crippen LogP contribution in [0, 0.1) is 37.9 Å². The van der Waals surface area contributed by atoms with Crippen LogP contribution in [0.3, 0.4) is 0 Å².